The predicted molar refractivity (Wildman–Crippen MR) is 120 cm³/mol. The van der Waals surface area contributed by atoms with Crippen molar-refractivity contribution in [3.63, 3.8) is 0 Å². The summed E-state index contributed by atoms with van der Waals surface area (Å²) in [6.45, 7) is 16.8. The van der Waals surface area contributed by atoms with E-state index in [2.05, 4.69) is 62.5 Å². The molecule has 1 nitrogen and oxygen atoms in total. The minimum absolute atomic E-state index is 0.192. The summed E-state index contributed by atoms with van der Waals surface area (Å²) in [6.07, 6.45) is 0. The molecule has 0 unspecified atom stereocenters. The van der Waals surface area contributed by atoms with E-state index in [1.807, 2.05) is 13.0 Å². The molecule has 3 heteroatoms. The first-order valence-electron chi connectivity index (χ1n) is 8.56. The fourth-order valence-electron chi connectivity index (χ4n) is 3.07. The van der Waals surface area contributed by atoms with Crippen LogP contribution in [0.2, 0.25) is 0 Å². The first-order valence-corrected chi connectivity index (χ1v) is 11.2. The second-order valence-electron chi connectivity index (χ2n) is 6.73. The number of aryl methyl sites for hydroxylation is 2. The molecule has 2 rings (SSSR count). The third-order valence-electron chi connectivity index (χ3n) is 4.60. The Hall–Kier alpha value is -1.84. The van der Waals surface area contributed by atoms with Crippen molar-refractivity contribution in [3.05, 3.63) is 80.7 Å². The summed E-state index contributed by atoms with van der Waals surface area (Å²) in [6, 6.07) is 9.97. The maximum atomic E-state index is 14.6. The Morgan fingerprint density at radius 1 is 1.19 bits per heavy atom. The number of hydrogen-bond donors (Lipinski definition) is 0. The highest BCUT2D eigenvalue weighted by molar-refractivity contribution is 14.2. The van der Waals surface area contributed by atoms with Crippen LogP contribution < -0.4 is 0 Å². The molecule has 0 aliphatic rings. The van der Waals surface area contributed by atoms with Crippen LogP contribution >= 0.6 is 20.7 Å². The van der Waals surface area contributed by atoms with E-state index in [0.717, 1.165) is 20.4 Å². The van der Waals surface area contributed by atoms with Gasteiger partial charge in [0, 0.05) is 15.7 Å². The third-order valence-corrected chi connectivity index (χ3v) is 6.10. The fourth-order valence-corrected chi connectivity index (χ4v) is 4.25. The van der Waals surface area contributed by atoms with Crippen LogP contribution in [-0.2, 0) is 6.54 Å². The highest BCUT2D eigenvalue weighted by Gasteiger charge is 2.19. The minimum Gasteiger partial charge on any atom is -0.206 e. The van der Waals surface area contributed by atoms with Gasteiger partial charge in [-0.05, 0) is 67.3 Å². The molecule has 0 saturated carbocycles. The molecular weight excluding hydrogens is 436 g/mol. The van der Waals surface area contributed by atoms with Gasteiger partial charge in [0.25, 0.3) is 0 Å². The lowest BCUT2D eigenvalue weighted by atomic mass is 9.95. The summed E-state index contributed by atoms with van der Waals surface area (Å²) in [5, 5.41) is 0. The van der Waals surface area contributed by atoms with Gasteiger partial charge in [-0.25, -0.2) is 4.39 Å². The number of halogens is 2. The average molecular weight is 462 g/mol. The van der Waals surface area contributed by atoms with Crippen LogP contribution in [-0.4, -0.2) is 15.0 Å². The topological polar surface area (TPSA) is 3.01 Å². The highest BCUT2D eigenvalue weighted by atomic mass is 127. The molecule has 0 atom stereocenters. The SMILES string of the molecule is C=C=[N+](Cc1c(C)cc(I=C)cc1F)C(=C)c1ccc(C(C)C)c(C)c1. The Bertz CT molecular complexity index is 895. The Balaban J connectivity index is 2.36. The van der Waals surface area contributed by atoms with Crippen molar-refractivity contribution in [3.8, 4) is 0 Å². The average Bonchev–Trinajstić information content (AvgIpc) is 2.60. The van der Waals surface area contributed by atoms with Crippen LogP contribution in [0.4, 0.5) is 4.39 Å². The Morgan fingerprint density at radius 3 is 2.38 bits per heavy atom. The van der Waals surface area contributed by atoms with E-state index in [1.165, 1.54) is 11.1 Å². The molecule has 0 saturated heterocycles. The molecule has 0 aromatic heterocycles. The van der Waals surface area contributed by atoms with Gasteiger partial charge in [0.05, 0.1) is 5.56 Å². The van der Waals surface area contributed by atoms with Crippen LogP contribution in [0.1, 0.15) is 47.6 Å². The van der Waals surface area contributed by atoms with Crippen molar-refractivity contribution in [2.45, 2.75) is 40.2 Å². The van der Waals surface area contributed by atoms with Gasteiger partial charge in [-0.1, -0.05) is 45.2 Å². The lowest BCUT2D eigenvalue weighted by molar-refractivity contribution is -0.441. The quantitative estimate of drug-likeness (QED) is 0.274. The van der Waals surface area contributed by atoms with E-state index in [-0.39, 0.29) is 26.5 Å². The molecule has 0 amide bonds. The van der Waals surface area contributed by atoms with E-state index in [9.17, 15) is 4.39 Å². The van der Waals surface area contributed by atoms with Crippen LogP contribution in [0.15, 0.2) is 43.5 Å². The summed E-state index contributed by atoms with van der Waals surface area (Å²) in [5.41, 5.74) is 5.91. The van der Waals surface area contributed by atoms with Crippen molar-refractivity contribution in [1.29, 1.82) is 0 Å². The van der Waals surface area contributed by atoms with Gasteiger partial charge in [-0.15, -0.1) is 4.58 Å². The Morgan fingerprint density at radius 2 is 1.88 bits per heavy atom. The first-order chi connectivity index (χ1) is 12.3. The van der Waals surface area contributed by atoms with Crippen molar-refractivity contribution in [2.24, 2.45) is 0 Å². The van der Waals surface area contributed by atoms with Crippen molar-refractivity contribution < 1.29 is 8.97 Å². The first kappa shape index (κ1) is 20.5. The molecular formula is C23H26FIN+. The number of benzene rings is 2. The highest BCUT2D eigenvalue weighted by Crippen LogP contribution is 2.25. The lowest BCUT2D eigenvalue weighted by Crippen LogP contribution is -2.12. The predicted octanol–water partition coefficient (Wildman–Crippen LogP) is 6.18. The summed E-state index contributed by atoms with van der Waals surface area (Å²) in [5.74, 6) is 3.19. The van der Waals surface area contributed by atoms with Gasteiger partial charge in [0.2, 0.25) is 5.70 Å². The molecule has 0 radical (unpaired) electrons. The van der Waals surface area contributed by atoms with E-state index in [4.69, 9.17) is 0 Å². The zero-order valence-corrected chi connectivity index (χ0v) is 18.2. The summed E-state index contributed by atoms with van der Waals surface area (Å²) in [7, 11) is 0. The number of hydrogen-bond acceptors (Lipinski definition) is 0. The van der Waals surface area contributed by atoms with Crippen molar-refractivity contribution in [1.82, 2.24) is 0 Å². The molecule has 0 spiro atoms. The van der Waals surface area contributed by atoms with Gasteiger partial charge >= 0.3 is 0 Å². The Kier molecular flexibility index (Phi) is 6.85. The van der Waals surface area contributed by atoms with Gasteiger partial charge in [-0.2, -0.15) is 0 Å². The number of rotatable bonds is 6. The Labute approximate surface area is 166 Å². The monoisotopic (exact) mass is 462 g/mol. The molecule has 2 aromatic rings. The molecule has 0 bridgehead atoms. The summed E-state index contributed by atoms with van der Waals surface area (Å²) < 4.78 is 21.3. The van der Waals surface area contributed by atoms with Crippen molar-refractivity contribution >= 4 is 36.8 Å². The molecule has 2 aromatic carbocycles. The van der Waals surface area contributed by atoms with Crippen molar-refractivity contribution in [2.75, 3.05) is 0 Å². The number of nitrogens with zero attached hydrogens (tertiary/aromatic N) is 1. The molecule has 0 aliphatic carbocycles. The molecule has 26 heavy (non-hydrogen) atoms. The van der Waals surface area contributed by atoms with E-state index in [0.29, 0.717) is 18.0 Å². The second kappa shape index (κ2) is 8.70. The van der Waals surface area contributed by atoms with Crippen LogP contribution in [0.3, 0.4) is 0 Å². The smallest absolute Gasteiger partial charge is 0.206 e. The summed E-state index contributed by atoms with van der Waals surface area (Å²) >= 11 is -0.373. The molecule has 0 N–H and O–H groups in total. The van der Waals surface area contributed by atoms with Gasteiger partial charge in [0.15, 0.2) is 12.4 Å². The molecule has 0 heterocycles. The lowest BCUT2D eigenvalue weighted by Gasteiger charge is -2.12. The minimum atomic E-state index is -0.373. The van der Waals surface area contributed by atoms with Crippen LogP contribution in [0.5, 0.6) is 0 Å². The maximum absolute atomic E-state index is 14.6. The van der Waals surface area contributed by atoms with Gasteiger partial charge < -0.3 is 0 Å². The fraction of sp³-hybridized carbons (Fsp3) is 0.261. The zero-order valence-electron chi connectivity index (χ0n) is 16.0. The zero-order chi connectivity index (χ0) is 19.4. The van der Waals surface area contributed by atoms with E-state index >= 15 is 0 Å². The second-order valence-corrected chi connectivity index (χ2v) is 8.74. The van der Waals surface area contributed by atoms with Gasteiger partial charge in [-0.3, -0.25) is 0 Å². The maximum Gasteiger partial charge on any atom is 0.214 e. The van der Waals surface area contributed by atoms with Crippen LogP contribution in [0.25, 0.3) is 5.70 Å². The molecule has 0 fully saturated rings. The molecule has 0 aliphatic heterocycles. The van der Waals surface area contributed by atoms with Crippen LogP contribution in [0, 0.1) is 23.2 Å². The third kappa shape index (κ3) is 4.46. The van der Waals surface area contributed by atoms with E-state index in [1.54, 1.807) is 10.6 Å². The normalized spacial score (nSPS) is 10.7. The standard InChI is InChI=1S/C23H26FIN/c1-8-26(14-22-17(5)12-20(25-7)13-23(22)24)18(6)19-9-10-21(15(2)3)16(4)11-19/h9-13,15H,1,6-7,14H2,2-5H3/q+1. The van der Waals surface area contributed by atoms with Gasteiger partial charge in [0.1, 0.15) is 5.82 Å². The largest absolute Gasteiger partial charge is 0.214 e. The molecule has 136 valence electrons. The summed E-state index contributed by atoms with van der Waals surface area (Å²) in [4.78, 5) is 0. The van der Waals surface area contributed by atoms with E-state index < -0.39 is 0 Å².